The SMILES string of the molecule is CC(C)(C)c1ccc(Cn2cc(C3CCNCC3)c3ccc(O)cc32)cc1.Cl. The Balaban J connectivity index is 0.00000225. The number of phenolic OH excluding ortho intramolecular Hbond substituents is 1. The minimum Gasteiger partial charge on any atom is -0.508 e. The number of aromatic hydroxyl groups is 1. The quantitative estimate of drug-likeness (QED) is 0.604. The van der Waals surface area contributed by atoms with Gasteiger partial charge < -0.3 is 15.0 Å². The van der Waals surface area contributed by atoms with E-state index in [1.54, 1.807) is 0 Å². The van der Waals surface area contributed by atoms with Crippen LogP contribution in [-0.2, 0) is 12.0 Å². The Morgan fingerprint density at radius 1 is 1.04 bits per heavy atom. The van der Waals surface area contributed by atoms with Gasteiger partial charge in [0.1, 0.15) is 5.75 Å². The molecule has 2 aromatic carbocycles. The van der Waals surface area contributed by atoms with Crippen molar-refractivity contribution in [3.8, 4) is 5.75 Å². The molecule has 0 unspecified atom stereocenters. The summed E-state index contributed by atoms with van der Waals surface area (Å²) in [5, 5.41) is 14.8. The number of phenols is 1. The number of rotatable bonds is 3. The first-order valence-corrected chi connectivity index (χ1v) is 10.0. The average Bonchev–Trinajstić information content (AvgIpc) is 3.00. The molecule has 0 aliphatic carbocycles. The number of nitrogens with one attached hydrogen (secondary N) is 1. The van der Waals surface area contributed by atoms with Crippen LogP contribution in [0.3, 0.4) is 0 Å². The molecule has 4 rings (SSSR count). The predicted octanol–water partition coefficient (Wildman–Crippen LogP) is 5.58. The van der Waals surface area contributed by atoms with Crippen LogP contribution in [-0.4, -0.2) is 22.8 Å². The fourth-order valence-corrected chi connectivity index (χ4v) is 4.20. The molecule has 28 heavy (non-hydrogen) atoms. The number of fused-ring (bicyclic) bond motifs is 1. The lowest BCUT2D eigenvalue weighted by Gasteiger charge is -2.22. The van der Waals surface area contributed by atoms with Crippen LogP contribution >= 0.6 is 12.4 Å². The zero-order chi connectivity index (χ0) is 19.0. The summed E-state index contributed by atoms with van der Waals surface area (Å²) in [4.78, 5) is 0. The second-order valence-electron chi connectivity index (χ2n) is 8.88. The molecule has 1 aliphatic rings. The third-order valence-electron chi connectivity index (χ3n) is 5.85. The van der Waals surface area contributed by atoms with Gasteiger partial charge in [-0.15, -0.1) is 12.4 Å². The summed E-state index contributed by atoms with van der Waals surface area (Å²) in [6, 6.07) is 14.8. The normalized spacial score (nSPS) is 15.5. The molecule has 4 heteroatoms. The molecule has 3 nitrogen and oxygen atoms in total. The predicted molar refractivity (Wildman–Crippen MR) is 120 cm³/mol. The molecule has 1 aliphatic heterocycles. The summed E-state index contributed by atoms with van der Waals surface area (Å²) in [5.41, 5.74) is 5.38. The lowest BCUT2D eigenvalue weighted by atomic mass is 9.87. The van der Waals surface area contributed by atoms with Crippen molar-refractivity contribution < 1.29 is 5.11 Å². The maximum atomic E-state index is 10.0. The Labute approximate surface area is 174 Å². The van der Waals surface area contributed by atoms with Crippen LogP contribution in [0.1, 0.15) is 56.2 Å². The summed E-state index contributed by atoms with van der Waals surface area (Å²) in [5.74, 6) is 0.935. The number of aromatic nitrogens is 1. The number of nitrogens with zero attached hydrogens (tertiary/aromatic N) is 1. The van der Waals surface area contributed by atoms with E-state index in [-0.39, 0.29) is 17.8 Å². The Bertz CT molecular complexity index is 932. The van der Waals surface area contributed by atoms with E-state index in [0.717, 1.165) is 25.2 Å². The molecule has 2 N–H and O–H groups in total. The van der Waals surface area contributed by atoms with Gasteiger partial charge >= 0.3 is 0 Å². The highest BCUT2D eigenvalue weighted by molar-refractivity contribution is 5.86. The number of benzene rings is 2. The maximum absolute atomic E-state index is 10.0. The second-order valence-corrected chi connectivity index (χ2v) is 8.88. The first kappa shape index (κ1) is 20.8. The largest absolute Gasteiger partial charge is 0.508 e. The molecule has 1 aromatic heterocycles. The Hall–Kier alpha value is -1.97. The molecule has 0 atom stereocenters. The monoisotopic (exact) mass is 398 g/mol. The molecule has 0 amide bonds. The van der Waals surface area contributed by atoms with Crippen LogP contribution in [0.5, 0.6) is 5.75 Å². The molecule has 0 radical (unpaired) electrons. The third kappa shape index (κ3) is 4.21. The topological polar surface area (TPSA) is 37.2 Å². The number of piperidine rings is 1. The fourth-order valence-electron chi connectivity index (χ4n) is 4.20. The van der Waals surface area contributed by atoms with Gasteiger partial charge in [-0.25, -0.2) is 0 Å². The van der Waals surface area contributed by atoms with Gasteiger partial charge in [0.15, 0.2) is 0 Å². The number of halogens is 1. The molecule has 1 fully saturated rings. The van der Waals surface area contributed by atoms with E-state index in [1.165, 1.54) is 34.9 Å². The van der Waals surface area contributed by atoms with Gasteiger partial charge in [-0.2, -0.15) is 0 Å². The van der Waals surface area contributed by atoms with Gasteiger partial charge in [0.2, 0.25) is 0 Å². The molecule has 2 heterocycles. The summed E-state index contributed by atoms with van der Waals surface area (Å²) >= 11 is 0. The van der Waals surface area contributed by atoms with Gasteiger partial charge in [0.25, 0.3) is 0 Å². The fraction of sp³-hybridized carbons (Fsp3) is 0.417. The van der Waals surface area contributed by atoms with E-state index >= 15 is 0 Å². The Kier molecular flexibility index (Phi) is 6.07. The van der Waals surface area contributed by atoms with Crippen molar-refractivity contribution in [3.63, 3.8) is 0 Å². The maximum Gasteiger partial charge on any atom is 0.117 e. The van der Waals surface area contributed by atoms with Crippen LogP contribution in [0, 0.1) is 0 Å². The van der Waals surface area contributed by atoms with E-state index in [9.17, 15) is 5.11 Å². The molecule has 1 saturated heterocycles. The lowest BCUT2D eigenvalue weighted by molar-refractivity contribution is 0.461. The summed E-state index contributed by atoms with van der Waals surface area (Å²) in [6.07, 6.45) is 4.68. The highest BCUT2D eigenvalue weighted by atomic mass is 35.5. The molecule has 0 spiro atoms. The van der Waals surface area contributed by atoms with E-state index in [1.807, 2.05) is 12.1 Å². The van der Waals surface area contributed by atoms with Crippen molar-refractivity contribution in [3.05, 3.63) is 65.4 Å². The summed E-state index contributed by atoms with van der Waals surface area (Å²) in [6.45, 7) is 9.74. The molecule has 150 valence electrons. The second kappa shape index (κ2) is 8.18. The molecular weight excluding hydrogens is 368 g/mol. The van der Waals surface area contributed by atoms with Gasteiger partial charge in [0, 0.05) is 24.2 Å². The van der Waals surface area contributed by atoms with Gasteiger partial charge in [0.05, 0.1) is 5.52 Å². The van der Waals surface area contributed by atoms with Crippen molar-refractivity contribution in [2.45, 2.75) is 51.5 Å². The van der Waals surface area contributed by atoms with Gasteiger partial charge in [-0.1, -0.05) is 45.0 Å². The molecule has 3 aromatic rings. The Morgan fingerprint density at radius 3 is 2.36 bits per heavy atom. The highest BCUT2D eigenvalue weighted by Gasteiger charge is 2.20. The number of hydrogen-bond acceptors (Lipinski definition) is 2. The van der Waals surface area contributed by atoms with E-state index in [2.05, 4.69) is 67.2 Å². The standard InChI is InChI=1S/C24H30N2O.ClH/c1-24(2,3)19-6-4-17(5-7-19)15-26-16-22(18-10-12-25-13-11-18)21-9-8-20(27)14-23(21)26;/h4-9,14,16,18,25,27H,10-13,15H2,1-3H3;1H. The average molecular weight is 399 g/mol. The zero-order valence-electron chi connectivity index (χ0n) is 17.0. The van der Waals surface area contributed by atoms with Crippen molar-refractivity contribution >= 4 is 23.3 Å². The van der Waals surface area contributed by atoms with Crippen molar-refractivity contribution in [2.75, 3.05) is 13.1 Å². The van der Waals surface area contributed by atoms with Crippen LogP contribution in [0.2, 0.25) is 0 Å². The van der Waals surface area contributed by atoms with Crippen LogP contribution in [0.25, 0.3) is 10.9 Å². The van der Waals surface area contributed by atoms with Gasteiger partial charge in [-0.05, 0) is 66.1 Å². The zero-order valence-corrected chi connectivity index (χ0v) is 17.9. The summed E-state index contributed by atoms with van der Waals surface area (Å²) < 4.78 is 2.30. The smallest absolute Gasteiger partial charge is 0.117 e. The molecule has 0 bridgehead atoms. The molecular formula is C24H31ClN2O. The van der Waals surface area contributed by atoms with E-state index in [4.69, 9.17) is 0 Å². The first-order valence-electron chi connectivity index (χ1n) is 10.0. The minimum absolute atomic E-state index is 0. The summed E-state index contributed by atoms with van der Waals surface area (Å²) in [7, 11) is 0. The minimum atomic E-state index is 0. The molecule has 0 saturated carbocycles. The van der Waals surface area contributed by atoms with Crippen LogP contribution in [0.15, 0.2) is 48.7 Å². The van der Waals surface area contributed by atoms with Crippen molar-refractivity contribution in [1.82, 2.24) is 9.88 Å². The number of hydrogen-bond donors (Lipinski definition) is 2. The lowest BCUT2D eigenvalue weighted by Crippen LogP contribution is -2.26. The Morgan fingerprint density at radius 2 is 1.71 bits per heavy atom. The van der Waals surface area contributed by atoms with E-state index < -0.39 is 0 Å². The van der Waals surface area contributed by atoms with Crippen molar-refractivity contribution in [1.29, 1.82) is 0 Å². The van der Waals surface area contributed by atoms with Crippen LogP contribution in [0.4, 0.5) is 0 Å². The highest BCUT2D eigenvalue weighted by Crippen LogP contribution is 2.35. The van der Waals surface area contributed by atoms with E-state index in [0.29, 0.717) is 11.7 Å². The van der Waals surface area contributed by atoms with Crippen molar-refractivity contribution in [2.24, 2.45) is 0 Å². The first-order chi connectivity index (χ1) is 12.9. The third-order valence-corrected chi connectivity index (χ3v) is 5.85. The van der Waals surface area contributed by atoms with Gasteiger partial charge in [-0.3, -0.25) is 0 Å². The van der Waals surface area contributed by atoms with Crippen LogP contribution < -0.4 is 5.32 Å².